The van der Waals surface area contributed by atoms with Crippen LogP contribution in [-0.4, -0.2) is 14.5 Å². The molecule has 0 bridgehead atoms. The number of anilines is 1. The average Bonchev–Trinajstić information content (AvgIpc) is 2.56. The first-order chi connectivity index (χ1) is 6.75. The molecule has 2 aromatic heterocycles. The Kier molecular flexibility index (Phi) is 2.28. The SMILES string of the molecule is Nc1nc(Cn2cnccc2=O)cs1. The maximum atomic E-state index is 11.3. The second-order valence-electron chi connectivity index (χ2n) is 2.72. The zero-order chi connectivity index (χ0) is 9.97. The third-order valence-corrected chi connectivity index (χ3v) is 2.42. The van der Waals surface area contributed by atoms with Crippen molar-refractivity contribution in [3.8, 4) is 0 Å². The average molecular weight is 208 g/mol. The summed E-state index contributed by atoms with van der Waals surface area (Å²) in [7, 11) is 0. The molecule has 0 saturated heterocycles. The van der Waals surface area contributed by atoms with E-state index in [1.807, 2.05) is 5.38 Å². The van der Waals surface area contributed by atoms with Crippen LogP contribution in [0.3, 0.4) is 0 Å². The van der Waals surface area contributed by atoms with Gasteiger partial charge in [0.15, 0.2) is 5.13 Å². The summed E-state index contributed by atoms with van der Waals surface area (Å²) in [6.45, 7) is 0.417. The molecule has 6 heteroatoms. The van der Waals surface area contributed by atoms with Gasteiger partial charge >= 0.3 is 0 Å². The maximum absolute atomic E-state index is 11.3. The molecule has 0 saturated carbocycles. The third kappa shape index (κ3) is 1.80. The van der Waals surface area contributed by atoms with E-state index >= 15 is 0 Å². The summed E-state index contributed by atoms with van der Waals surface area (Å²) in [5, 5.41) is 2.34. The Morgan fingerprint density at radius 3 is 3.07 bits per heavy atom. The van der Waals surface area contributed by atoms with Crippen LogP contribution in [0.4, 0.5) is 5.13 Å². The summed E-state index contributed by atoms with van der Waals surface area (Å²) in [4.78, 5) is 19.2. The van der Waals surface area contributed by atoms with E-state index < -0.39 is 0 Å². The molecule has 5 nitrogen and oxygen atoms in total. The van der Waals surface area contributed by atoms with E-state index in [0.717, 1.165) is 5.69 Å². The van der Waals surface area contributed by atoms with Gasteiger partial charge in [-0.2, -0.15) is 0 Å². The standard InChI is InChI=1S/C8H8N4OS/c9-8-11-6(4-14-8)3-12-5-10-2-1-7(12)13/h1-2,4-5H,3H2,(H2,9,11). The number of nitrogens with two attached hydrogens (primary N) is 1. The fraction of sp³-hybridized carbons (Fsp3) is 0.125. The highest BCUT2D eigenvalue weighted by atomic mass is 32.1. The normalized spacial score (nSPS) is 10.3. The van der Waals surface area contributed by atoms with Crippen LogP contribution in [0.5, 0.6) is 0 Å². The fourth-order valence-corrected chi connectivity index (χ4v) is 1.62. The molecule has 2 heterocycles. The van der Waals surface area contributed by atoms with E-state index in [2.05, 4.69) is 9.97 Å². The highest BCUT2D eigenvalue weighted by Crippen LogP contribution is 2.11. The number of nitrogen functional groups attached to an aromatic ring is 1. The van der Waals surface area contributed by atoms with Gasteiger partial charge in [0.25, 0.3) is 5.56 Å². The Labute approximate surface area is 83.9 Å². The van der Waals surface area contributed by atoms with E-state index in [1.165, 1.54) is 34.5 Å². The van der Waals surface area contributed by atoms with Crippen molar-refractivity contribution in [1.82, 2.24) is 14.5 Å². The van der Waals surface area contributed by atoms with Gasteiger partial charge in [-0.25, -0.2) is 9.97 Å². The van der Waals surface area contributed by atoms with Crippen LogP contribution in [-0.2, 0) is 6.54 Å². The first-order valence-electron chi connectivity index (χ1n) is 3.96. The van der Waals surface area contributed by atoms with Crippen molar-refractivity contribution in [2.45, 2.75) is 6.54 Å². The molecule has 0 aliphatic rings. The molecule has 0 amide bonds. The van der Waals surface area contributed by atoms with Crippen LogP contribution in [0, 0.1) is 0 Å². The second kappa shape index (κ2) is 3.59. The van der Waals surface area contributed by atoms with Gasteiger partial charge in [0.05, 0.1) is 18.6 Å². The first kappa shape index (κ1) is 8.89. The van der Waals surface area contributed by atoms with Crippen LogP contribution in [0.25, 0.3) is 0 Å². The highest BCUT2D eigenvalue weighted by molar-refractivity contribution is 7.13. The minimum atomic E-state index is -0.0911. The molecule has 0 aliphatic carbocycles. The Balaban J connectivity index is 2.27. The van der Waals surface area contributed by atoms with Crippen molar-refractivity contribution in [1.29, 1.82) is 0 Å². The summed E-state index contributed by atoms with van der Waals surface area (Å²) in [6, 6.07) is 1.41. The van der Waals surface area contributed by atoms with Crippen molar-refractivity contribution in [2.24, 2.45) is 0 Å². The van der Waals surface area contributed by atoms with Crippen molar-refractivity contribution < 1.29 is 0 Å². The first-order valence-corrected chi connectivity index (χ1v) is 4.84. The lowest BCUT2D eigenvalue weighted by Crippen LogP contribution is -2.19. The van der Waals surface area contributed by atoms with Gasteiger partial charge in [-0.3, -0.25) is 9.36 Å². The number of aromatic nitrogens is 3. The summed E-state index contributed by atoms with van der Waals surface area (Å²) in [6.07, 6.45) is 2.95. The fourth-order valence-electron chi connectivity index (χ4n) is 1.07. The van der Waals surface area contributed by atoms with Gasteiger partial charge in [0.1, 0.15) is 0 Å². The monoisotopic (exact) mass is 208 g/mol. The van der Waals surface area contributed by atoms with Crippen molar-refractivity contribution >= 4 is 16.5 Å². The molecule has 0 atom stereocenters. The van der Waals surface area contributed by atoms with Crippen molar-refractivity contribution in [2.75, 3.05) is 5.73 Å². The lowest BCUT2D eigenvalue weighted by atomic mass is 10.5. The zero-order valence-electron chi connectivity index (χ0n) is 7.25. The van der Waals surface area contributed by atoms with Crippen LogP contribution in [0.15, 0.2) is 28.8 Å². The molecule has 2 N–H and O–H groups in total. The lowest BCUT2D eigenvalue weighted by molar-refractivity contribution is 0.723. The van der Waals surface area contributed by atoms with E-state index in [9.17, 15) is 4.79 Å². The summed E-state index contributed by atoms with van der Waals surface area (Å²) in [5.41, 5.74) is 6.16. The highest BCUT2D eigenvalue weighted by Gasteiger charge is 2.00. The van der Waals surface area contributed by atoms with Crippen LogP contribution < -0.4 is 11.3 Å². The van der Waals surface area contributed by atoms with E-state index in [-0.39, 0.29) is 5.56 Å². The Bertz CT molecular complexity index is 490. The quantitative estimate of drug-likeness (QED) is 0.771. The molecule has 2 rings (SSSR count). The Hall–Kier alpha value is -1.69. The zero-order valence-corrected chi connectivity index (χ0v) is 8.07. The molecular formula is C8H8N4OS. The molecule has 2 aromatic rings. The molecule has 0 unspecified atom stereocenters. The predicted molar refractivity (Wildman–Crippen MR) is 54.1 cm³/mol. The lowest BCUT2D eigenvalue weighted by Gasteiger charge is -1.99. The summed E-state index contributed by atoms with van der Waals surface area (Å²) < 4.78 is 1.48. The molecule has 0 aliphatic heterocycles. The van der Waals surface area contributed by atoms with Crippen LogP contribution >= 0.6 is 11.3 Å². The van der Waals surface area contributed by atoms with Crippen LogP contribution in [0.1, 0.15) is 5.69 Å². The summed E-state index contributed by atoms with van der Waals surface area (Å²) >= 11 is 1.36. The van der Waals surface area contributed by atoms with E-state index in [4.69, 9.17) is 5.73 Å². The molecule has 0 fully saturated rings. The number of hydrogen-bond donors (Lipinski definition) is 1. The van der Waals surface area contributed by atoms with Gasteiger partial charge in [-0.15, -0.1) is 11.3 Å². The molecule has 72 valence electrons. The van der Waals surface area contributed by atoms with E-state index in [1.54, 1.807) is 0 Å². The van der Waals surface area contributed by atoms with Gasteiger partial charge in [0.2, 0.25) is 0 Å². The van der Waals surface area contributed by atoms with Gasteiger partial charge < -0.3 is 5.73 Å². The van der Waals surface area contributed by atoms with Crippen LogP contribution in [0.2, 0.25) is 0 Å². The molecular weight excluding hydrogens is 200 g/mol. The number of hydrogen-bond acceptors (Lipinski definition) is 5. The number of nitrogens with zero attached hydrogens (tertiary/aromatic N) is 3. The second-order valence-corrected chi connectivity index (χ2v) is 3.61. The third-order valence-electron chi connectivity index (χ3n) is 1.69. The van der Waals surface area contributed by atoms with Crippen molar-refractivity contribution in [3.63, 3.8) is 0 Å². The Morgan fingerprint density at radius 1 is 1.57 bits per heavy atom. The molecule has 0 radical (unpaired) electrons. The molecule has 0 aromatic carbocycles. The minimum absolute atomic E-state index is 0.0911. The largest absolute Gasteiger partial charge is 0.375 e. The van der Waals surface area contributed by atoms with E-state index in [0.29, 0.717) is 11.7 Å². The predicted octanol–water partition coefficient (Wildman–Crippen LogP) is 0.330. The number of rotatable bonds is 2. The maximum Gasteiger partial charge on any atom is 0.253 e. The molecule has 14 heavy (non-hydrogen) atoms. The Morgan fingerprint density at radius 2 is 2.43 bits per heavy atom. The van der Waals surface area contributed by atoms with Gasteiger partial charge in [0, 0.05) is 17.6 Å². The number of thiazole rings is 1. The topological polar surface area (TPSA) is 73.8 Å². The van der Waals surface area contributed by atoms with Gasteiger partial charge in [-0.1, -0.05) is 0 Å². The van der Waals surface area contributed by atoms with Gasteiger partial charge in [-0.05, 0) is 0 Å². The summed E-state index contributed by atoms with van der Waals surface area (Å²) in [5.74, 6) is 0. The van der Waals surface area contributed by atoms with Crippen molar-refractivity contribution in [3.05, 3.63) is 40.0 Å². The molecule has 0 spiro atoms. The smallest absolute Gasteiger partial charge is 0.253 e. The minimum Gasteiger partial charge on any atom is -0.375 e.